The van der Waals surface area contributed by atoms with Gasteiger partial charge in [0, 0.05) is 0 Å². The van der Waals surface area contributed by atoms with Gasteiger partial charge >= 0.3 is 0 Å². The Morgan fingerprint density at radius 1 is 1.27 bits per heavy atom. The monoisotopic (exact) mass is 206 g/mol. The zero-order chi connectivity index (χ0) is 11.9. The number of rotatable bonds is 5. The lowest BCUT2D eigenvalue weighted by atomic mass is 9.93. The minimum Gasteiger partial charge on any atom is -0.198 e. The highest BCUT2D eigenvalue weighted by atomic mass is 15.1. The molecule has 0 aromatic carbocycles. The average Bonchev–Trinajstić information content (AvgIpc) is 2.16. The number of hydrogen-bond donors (Lipinski definition) is 0. The first-order chi connectivity index (χ1) is 6.93. The third-order valence-electron chi connectivity index (χ3n) is 1.91. The molecule has 0 aliphatic carbocycles. The molecule has 2 atom stereocenters. The van der Waals surface area contributed by atoms with Crippen molar-refractivity contribution in [3.63, 3.8) is 0 Å². The Bertz CT molecular complexity index is 295. The van der Waals surface area contributed by atoms with Crippen LogP contribution < -0.4 is 0 Å². The van der Waals surface area contributed by atoms with Crippen LogP contribution in [-0.4, -0.2) is 12.1 Å². The molecule has 2 unspecified atom stereocenters. The van der Waals surface area contributed by atoms with Gasteiger partial charge in [0.1, 0.15) is 0 Å². The van der Waals surface area contributed by atoms with Gasteiger partial charge in [0.15, 0.2) is 5.54 Å². The standard InChI is InChI=1S/C11H18N4/c1-9(2)5-11(4,8-13)15-14-7-10(3)6-12/h9-10H,5,7H2,1-4H3. The first kappa shape index (κ1) is 13.6. The molecule has 15 heavy (non-hydrogen) atoms. The summed E-state index contributed by atoms with van der Waals surface area (Å²) in [5.74, 6) is 0.262. The van der Waals surface area contributed by atoms with Gasteiger partial charge in [0.25, 0.3) is 0 Å². The molecule has 0 aliphatic heterocycles. The molecule has 0 aromatic heterocycles. The molecule has 4 nitrogen and oxygen atoms in total. The topological polar surface area (TPSA) is 72.3 Å². The SMILES string of the molecule is CC(C)CC(C)(C#N)N=NCC(C)C#N. The second-order valence-electron chi connectivity index (χ2n) is 4.44. The maximum atomic E-state index is 8.99. The summed E-state index contributed by atoms with van der Waals surface area (Å²) in [5.41, 5.74) is -0.747. The van der Waals surface area contributed by atoms with Crippen molar-refractivity contribution in [2.75, 3.05) is 6.54 Å². The van der Waals surface area contributed by atoms with Crippen molar-refractivity contribution >= 4 is 0 Å². The smallest absolute Gasteiger partial charge is 0.164 e. The summed E-state index contributed by atoms with van der Waals surface area (Å²) in [7, 11) is 0. The van der Waals surface area contributed by atoms with E-state index in [1.807, 2.05) is 13.8 Å². The predicted octanol–water partition coefficient (Wildman–Crippen LogP) is 2.93. The first-order valence-electron chi connectivity index (χ1n) is 5.13. The molecule has 0 saturated heterocycles. The van der Waals surface area contributed by atoms with Crippen molar-refractivity contribution < 1.29 is 0 Å². The van der Waals surface area contributed by atoms with Crippen LogP contribution >= 0.6 is 0 Å². The van der Waals surface area contributed by atoms with E-state index in [2.05, 4.69) is 22.4 Å². The Morgan fingerprint density at radius 2 is 1.87 bits per heavy atom. The number of nitriles is 2. The van der Waals surface area contributed by atoms with Crippen LogP contribution in [0.3, 0.4) is 0 Å². The fourth-order valence-electron chi connectivity index (χ4n) is 1.26. The second kappa shape index (κ2) is 6.14. The normalized spacial score (nSPS) is 17.0. The zero-order valence-corrected chi connectivity index (χ0v) is 9.86. The molecule has 0 bridgehead atoms. The highest BCUT2D eigenvalue weighted by molar-refractivity contribution is 5.03. The third kappa shape index (κ3) is 5.80. The number of nitrogens with zero attached hydrogens (tertiary/aromatic N) is 4. The fraction of sp³-hybridized carbons (Fsp3) is 0.818. The Hall–Kier alpha value is -1.42. The first-order valence-corrected chi connectivity index (χ1v) is 5.13. The van der Waals surface area contributed by atoms with Gasteiger partial charge in [-0.2, -0.15) is 20.8 Å². The molecule has 0 radical (unpaired) electrons. The third-order valence-corrected chi connectivity index (χ3v) is 1.91. The van der Waals surface area contributed by atoms with E-state index in [0.717, 1.165) is 0 Å². The molecule has 0 heterocycles. The van der Waals surface area contributed by atoms with E-state index in [1.54, 1.807) is 13.8 Å². The summed E-state index contributed by atoms with van der Waals surface area (Å²) in [4.78, 5) is 0. The van der Waals surface area contributed by atoms with E-state index in [4.69, 9.17) is 10.5 Å². The lowest BCUT2D eigenvalue weighted by Gasteiger charge is -2.17. The van der Waals surface area contributed by atoms with Crippen LogP contribution in [0, 0.1) is 34.5 Å². The Morgan fingerprint density at radius 3 is 2.27 bits per heavy atom. The Kier molecular flexibility index (Phi) is 5.56. The Labute approximate surface area is 91.6 Å². The molecular formula is C11H18N4. The van der Waals surface area contributed by atoms with E-state index in [-0.39, 0.29) is 5.92 Å². The van der Waals surface area contributed by atoms with E-state index in [9.17, 15) is 0 Å². The molecule has 0 spiro atoms. The summed E-state index contributed by atoms with van der Waals surface area (Å²) >= 11 is 0. The van der Waals surface area contributed by atoms with Gasteiger partial charge in [0.2, 0.25) is 0 Å². The molecular weight excluding hydrogens is 188 g/mol. The van der Waals surface area contributed by atoms with Gasteiger partial charge in [-0.1, -0.05) is 13.8 Å². The summed E-state index contributed by atoms with van der Waals surface area (Å²) in [6.45, 7) is 8.01. The van der Waals surface area contributed by atoms with Gasteiger partial charge in [0.05, 0.1) is 24.6 Å². The van der Waals surface area contributed by atoms with Crippen molar-refractivity contribution in [1.29, 1.82) is 10.5 Å². The van der Waals surface area contributed by atoms with Crippen molar-refractivity contribution in [3.05, 3.63) is 0 Å². The maximum absolute atomic E-state index is 8.99. The van der Waals surface area contributed by atoms with Crippen LogP contribution in [0.4, 0.5) is 0 Å². The molecule has 82 valence electrons. The molecule has 0 rings (SSSR count). The summed E-state index contributed by atoms with van der Waals surface area (Å²) < 4.78 is 0. The van der Waals surface area contributed by atoms with E-state index >= 15 is 0 Å². The van der Waals surface area contributed by atoms with Crippen LogP contribution in [0.15, 0.2) is 10.2 Å². The van der Waals surface area contributed by atoms with Crippen LogP contribution in [0.5, 0.6) is 0 Å². The lowest BCUT2D eigenvalue weighted by molar-refractivity contribution is 0.428. The second-order valence-corrected chi connectivity index (χ2v) is 4.44. The summed E-state index contributed by atoms with van der Waals surface area (Å²) in [6.07, 6.45) is 0.688. The van der Waals surface area contributed by atoms with Crippen LogP contribution in [-0.2, 0) is 0 Å². The number of hydrogen-bond acceptors (Lipinski definition) is 4. The van der Waals surface area contributed by atoms with Crippen LogP contribution in [0.1, 0.15) is 34.1 Å². The minimum absolute atomic E-state index is 0.143. The van der Waals surface area contributed by atoms with Gasteiger partial charge in [-0.3, -0.25) is 0 Å². The maximum Gasteiger partial charge on any atom is 0.164 e. The molecule has 0 aromatic rings. The molecule has 4 heteroatoms. The fourth-order valence-corrected chi connectivity index (χ4v) is 1.26. The van der Waals surface area contributed by atoms with Crippen molar-refractivity contribution in [2.24, 2.45) is 22.1 Å². The van der Waals surface area contributed by atoms with Gasteiger partial charge in [-0.05, 0) is 26.2 Å². The summed E-state index contributed by atoms with van der Waals surface area (Å²) in [6, 6.07) is 4.23. The van der Waals surface area contributed by atoms with E-state index < -0.39 is 5.54 Å². The average molecular weight is 206 g/mol. The summed E-state index contributed by atoms with van der Waals surface area (Å²) in [5, 5.41) is 25.5. The predicted molar refractivity (Wildman–Crippen MR) is 58.0 cm³/mol. The van der Waals surface area contributed by atoms with Gasteiger partial charge < -0.3 is 0 Å². The molecule has 0 saturated carbocycles. The van der Waals surface area contributed by atoms with Crippen LogP contribution in [0.2, 0.25) is 0 Å². The Balaban J connectivity index is 4.33. The largest absolute Gasteiger partial charge is 0.198 e. The number of azo groups is 1. The molecule has 0 N–H and O–H groups in total. The van der Waals surface area contributed by atoms with E-state index in [1.165, 1.54) is 0 Å². The molecule has 0 aliphatic rings. The molecule has 0 amide bonds. The van der Waals surface area contributed by atoms with Crippen molar-refractivity contribution in [3.8, 4) is 12.1 Å². The van der Waals surface area contributed by atoms with Crippen molar-refractivity contribution in [1.82, 2.24) is 0 Å². The van der Waals surface area contributed by atoms with Crippen LogP contribution in [0.25, 0.3) is 0 Å². The zero-order valence-electron chi connectivity index (χ0n) is 9.86. The highest BCUT2D eigenvalue weighted by Gasteiger charge is 2.24. The lowest BCUT2D eigenvalue weighted by Crippen LogP contribution is -2.21. The van der Waals surface area contributed by atoms with Gasteiger partial charge in [-0.25, -0.2) is 0 Å². The minimum atomic E-state index is -0.747. The van der Waals surface area contributed by atoms with Crippen molar-refractivity contribution in [2.45, 2.75) is 39.7 Å². The quantitative estimate of drug-likeness (QED) is 0.649. The molecule has 0 fully saturated rings. The van der Waals surface area contributed by atoms with E-state index in [0.29, 0.717) is 18.9 Å². The highest BCUT2D eigenvalue weighted by Crippen LogP contribution is 2.20. The van der Waals surface area contributed by atoms with Gasteiger partial charge in [-0.15, -0.1) is 0 Å².